The normalized spacial score (nSPS) is 16.2. The highest BCUT2D eigenvalue weighted by Crippen LogP contribution is 2.26. The van der Waals surface area contributed by atoms with Gasteiger partial charge in [-0.2, -0.15) is 5.26 Å². The molecular weight excluding hydrogens is 252 g/mol. The first-order valence-electron chi connectivity index (χ1n) is 7.13. The number of anilines is 1. The van der Waals surface area contributed by atoms with Crippen LogP contribution in [0.2, 0.25) is 0 Å². The first-order valence-corrected chi connectivity index (χ1v) is 7.13. The van der Waals surface area contributed by atoms with Gasteiger partial charge in [-0.05, 0) is 32.8 Å². The van der Waals surface area contributed by atoms with Gasteiger partial charge in [0.15, 0.2) is 0 Å². The lowest BCUT2D eigenvalue weighted by Gasteiger charge is -2.34. The molecule has 2 N–H and O–H groups in total. The average molecular weight is 274 g/mol. The summed E-state index contributed by atoms with van der Waals surface area (Å²) in [5, 5.41) is 21.5. The van der Waals surface area contributed by atoms with Gasteiger partial charge in [0.25, 0.3) is 0 Å². The van der Waals surface area contributed by atoms with Crippen LogP contribution in [0, 0.1) is 25.2 Å². The lowest BCUT2D eigenvalue weighted by Crippen LogP contribution is -2.43. The van der Waals surface area contributed by atoms with E-state index in [-0.39, 0.29) is 6.61 Å². The SMILES string of the molecule is Cc1cc(N2CCC(NCCO)CC2)c(C#N)c(C)n1. The molecule has 1 saturated heterocycles. The largest absolute Gasteiger partial charge is 0.395 e. The molecule has 0 saturated carbocycles. The summed E-state index contributed by atoms with van der Waals surface area (Å²) in [7, 11) is 0. The smallest absolute Gasteiger partial charge is 0.103 e. The Balaban J connectivity index is 2.09. The summed E-state index contributed by atoms with van der Waals surface area (Å²) in [6, 6.07) is 4.75. The number of nitrogens with zero attached hydrogens (tertiary/aromatic N) is 3. The van der Waals surface area contributed by atoms with Crippen molar-refractivity contribution in [3.8, 4) is 6.07 Å². The van der Waals surface area contributed by atoms with Crippen molar-refractivity contribution in [2.75, 3.05) is 31.1 Å². The van der Waals surface area contributed by atoms with Gasteiger partial charge in [0.1, 0.15) is 6.07 Å². The van der Waals surface area contributed by atoms with Gasteiger partial charge < -0.3 is 15.3 Å². The molecule has 2 heterocycles. The first kappa shape index (κ1) is 14.8. The Morgan fingerprint density at radius 3 is 2.75 bits per heavy atom. The summed E-state index contributed by atoms with van der Waals surface area (Å²) < 4.78 is 0. The van der Waals surface area contributed by atoms with Crippen molar-refractivity contribution in [1.29, 1.82) is 5.26 Å². The second-order valence-electron chi connectivity index (χ2n) is 5.29. The third-order valence-corrected chi connectivity index (χ3v) is 3.80. The van der Waals surface area contributed by atoms with E-state index in [1.165, 1.54) is 0 Å². The minimum Gasteiger partial charge on any atom is -0.395 e. The second-order valence-corrected chi connectivity index (χ2v) is 5.29. The van der Waals surface area contributed by atoms with E-state index < -0.39 is 0 Å². The Morgan fingerprint density at radius 1 is 1.45 bits per heavy atom. The number of aliphatic hydroxyl groups excluding tert-OH is 1. The number of nitrogens with one attached hydrogen (secondary N) is 1. The quantitative estimate of drug-likeness (QED) is 0.861. The predicted octanol–water partition coefficient (Wildman–Crippen LogP) is 1.12. The molecule has 5 nitrogen and oxygen atoms in total. The lowest BCUT2D eigenvalue weighted by molar-refractivity contribution is 0.277. The Labute approximate surface area is 120 Å². The van der Waals surface area contributed by atoms with Gasteiger partial charge in [-0.3, -0.25) is 4.98 Å². The summed E-state index contributed by atoms with van der Waals surface area (Å²) in [4.78, 5) is 6.64. The second kappa shape index (κ2) is 6.69. The number of nitriles is 1. The highest BCUT2D eigenvalue weighted by atomic mass is 16.3. The fourth-order valence-electron chi connectivity index (χ4n) is 2.79. The van der Waals surface area contributed by atoms with Gasteiger partial charge in [-0.15, -0.1) is 0 Å². The Bertz CT molecular complexity index is 501. The first-order chi connectivity index (χ1) is 9.65. The molecular formula is C15H22N4O. The molecule has 1 fully saturated rings. The molecule has 1 aliphatic heterocycles. The summed E-state index contributed by atoms with van der Waals surface area (Å²) in [6.07, 6.45) is 2.07. The fourth-order valence-corrected chi connectivity index (χ4v) is 2.79. The molecule has 0 radical (unpaired) electrons. The molecule has 5 heteroatoms. The van der Waals surface area contributed by atoms with Gasteiger partial charge >= 0.3 is 0 Å². The molecule has 20 heavy (non-hydrogen) atoms. The Morgan fingerprint density at radius 2 is 2.15 bits per heavy atom. The van der Waals surface area contributed by atoms with Crippen LogP contribution in [0.15, 0.2) is 6.07 Å². The zero-order valence-electron chi connectivity index (χ0n) is 12.2. The number of rotatable bonds is 4. The highest BCUT2D eigenvalue weighted by molar-refractivity contribution is 5.61. The Kier molecular flexibility index (Phi) is 4.94. The van der Waals surface area contributed by atoms with Crippen LogP contribution < -0.4 is 10.2 Å². The van der Waals surface area contributed by atoms with E-state index in [0.29, 0.717) is 18.2 Å². The third kappa shape index (κ3) is 3.27. The molecule has 1 aromatic rings. The molecule has 0 spiro atoms. The van der Waals surface area contributed by atoms with E-state index in [2.05, 4.69) is 21.3 Å². The number of piperidine rings is 1. The van der Waals surface area contributed by atoms with Crippen molar-refractivity contribution in [1.82, 2.24) is 10.3 Å². The number of pyridine rings is 1. The van der Waals surface area contributed by atoms with Crippen molar-refractivity contribution in [3.05, 3.63) is 23.0 Å². The molecule has 0 bridgehead atoms. The molecule has 0 amide bonds. The van der Waals surface area contributed by atoms with E-state index in [0.717, 1.165) is 43.0 Å². The van der Waals surface area contributed by atoms with E-state index in [9.17, 15) is 5.26 Å². The van der Waals surface area contributed by atoms with Gasteiger partial charge in [-0.1, -0.05) is 0 Å². The molecule has 0 aromatic carbocycles. The van der Waals surface area contributed by atoms with E-state index in [1.807, 2.05) is 19.9 Å². The average Bonchev–Trinajstić information content (AvgIpc) is 2.45. The summed E-state index contributed by atoms with van der Waals surface area (Å²) >= 11 is 0. The number of hydrogen-bond acceptors (Lipinski definition) is 5. The van der Waals surface area contributed by atoms with Crippen molar-refractivity contribution >= 4 is 5.69 Å². The van der Waals surface area contributed by atoms with Crippen LogP contribution in [0.4, 0.5) is 5.69 Å². The van der Waals surface area contributed by atoms with Crippen LogP contribution in [0.25, 0.3) is 0 Å². The molecule has 1 aliphatic rings. The van der Waals surface area contributed by atoms with Crippen molar-refractivity contribution < 1.29 is 5.11 Å². The minimum absolute atomic E-state index is 0.182. The standard InChI is InChI=1S/C15H22N4O/c1-11-9-15(14(10-16)12(2)18-11)19-6-3-13(4-7-19)17-5-8-20/h9,13,17,20H,3-8H2,1-2H3. The number of hydrogen-bond donors (Lipinski definition) is 2. The number of aryl methyl sites for hydroxylation is 2. The minimum atomic E-state index is 0.182. The van der Waals surface area contributed by atoms with Gasteiger partial charge in [0.05, 0.1) is 23.6 Å². The molecule has 0 aliphatic carbocycles. The maximum Gasteiger partial charge on any atom is 0.103 e. The van der Waals surface area contributed by atoms with Crippen LogP contribution in [0.5, 0.6) is 0 Å². The lowest BCUT2D eigenvalue weighted by atomic mass is 10.0. The highest BCUT2D eigenvalue weighted by Gasteiger charge is 2.21. The Hall–Kier alpha value is -1.64. The summed E-state index contributed by atoms with van der Waals surface area (Å²) in [5.74, 6) is 0. The number of aromatic nitrogens is 1. The van der Waals surface area contributed by atoms with E-state index in [1.54, 1.807) is 0 Å². The monoisotopic (exact) mass is 274 g/mol. The third-order valence-electron chi connectivity index (χ3n) is 3.80. The zero-order valence-corrected chi connectivity index (χ0v) is 12.2. The van der Waals surface area contributed by atoms with Crippen LogP contribution in [0.3, 0.4) is 0 Å². The maximum absolute atomic E-state index is 9.33. The van der Waals surface area contributed by atoms with E-state index >= 15 is 0 Å². The predicted molar refractivity (Wildman–Crippen MR) is 78.7 cm³/mol. The molecule has 0 unspecified atom stereocenters. The zero-order chi connectivity index (χ0) is 14.5. The van der Waals surface area contributed by atoms with Crippen LogP contribution in [0.1, 0.15) is 29.8 Å². The summed E-state index contributed by atoms with van der Waals surface area (Å²) in [5.41, 5.74) is 3.47. The van der Waals surface area contributed by atoms with Gasteiger partial charge in [0.2, 0.25) is 0 Å². The van der Waals surface area contributed by atoms with Gasteiger partial charge in [0, 0.05) is 31.4 Å². The molecule has 2 rings (SSSR count). The van der Waals surface area contributed by atoms with Gasteiger partial charge in [-0.25, -0.2) is 0 Å². The molecule has 0 atom stereocenters. The van der Waals surface area contributed by atoms with Crippen LogP contribution in [-0.4, -0.2) is 42.4 Å². The van der Waals surface area contributed by atoms with Crippen molar-refractivity contribution in [2.45, 2.75) is 32.7 Å². The van der Waals surface area contributed by atoms with Crippen molar-refractivity contribution in [3.63, 3.8) is 0 Å². The maximum atomic E-state index is 9.33. The van der Waals surface area contributed by atoms with E-state index in [4.69, 9.17) is 5.11 Å². The molecule has 1 aromatic heterocycles. The van der Waals surface area contributed by atoms with Crippen LogP contribution in [-0.2, 0) is 0 Å². The fraction of sp³-hybridized carbons (Fsp3) is 0.600. The molecule has 108 valence electrons. The number of aliphatic hydroxyl groups is 1. The topological polar surface area (TPSA) is 72.2 Å². The van der Waals surface area contributed by atoms with Crippen molar-refractivity contribution in [2.24, 2.45) is 0 Å². The summed E-state index contributed by atoms with van der Waals surface area (Å²) in [6.45, 7) is 6.56. The van der Waals surface area contributed by atoms with Crippen LogP contribution >= 0.6 is 0 Å².